The minimum absolute atomic E-state index is 0.118. The van der Waals surface area contributed by atoms with Crippen molar-refractivity contribution in [3.63, 3.8) is 0 Å². The average molecular weight is 408 g/mol. The van der Waals surface area contributed by atoms with E-state index in [-0.39, 0.29) is 5.91 Å². The van der Waals surface area contributed by atoms with Crippen molar-refractivity contribution >= 4 is 11.7 Å². The number of hydrogen-bond donors (Lipinski definition) is 2. The number of alkyl halides is 3. The highest BCUT2D eigenvalue weighted by atomic mass is 19.4. The third-order valence-electron chi connectivity index (χ3n) is 5.56. The number of amides is 1. The SMILES string of the molecule is CC1CCCC(C)N1CCCC(=O)Nc1cc(-c2ccc(C(F)(F)F)cc2)[nH]n1. The van der Waals surface area contributed by atoms with Gasteiger partial charge in [0.15, 0.2) is 5.82 Å². The molecule has 2 aromatic rings. The third-order valence-corrected chi connectivity index (χ3v) is 5.56. The molecule has 0 bridgehead atoms. The first-order valence-corrected chi connectivity index (χ1v) is 10.0. The first-order valence-electron chi connectivity index (χ1n) is 10.0. The molecule has 0 saturated carbocycles. The van der Waals surface area contributed by atoms with Gasteiger partial charge in [0.2, 0.25) is 5.91 Å². The zero-order valence-corrected chi connectivity index (χ0v) is 16.7. The van der Waals surface area contributed by atoms with Crippen molar-refractivity contribution in [3.05, 3.63) is 35.9 Å². The maximum absolute atomic E-state index is 12.7. The fraction of sp³-hybridized carbons (Fsp3) is 0.524. The van der Waals surface area contributed by atoms with Gasteiger partial charge in [-0.3, -0.25) is 14.8 Å². The fourth-order valence-corrected chi connectivity index (χ4v) is 3.92. The number of carbonyl (C=O) groups excluding carboxylic acids is 1. The number of rotatable bonds is 6. The highest BCUT2D eigenvalue weighted by molar-refractivity contribution is 5.90. The van der Waals surface area contributed by atoms with Gasteiger partial charge in [-0.25, -0.2) is 0 Å². The first kappa shape index (κ1) is 21.4. The van der Waals surface area contributed by atoms with Crippen LogP contribution in [-0.2, 0) is 11.0 Å². The van der Waals surface area contributed by atoms with Gasteiger partial charge in [0, 0.05) is 24.6 Å². The van der Waals surface area contributed by atoms with Gasteiger partial charge in [-0.05, 0) is 57.4 Å². The summed E-state index contributed by atoms with van der Waals surface area (Å²) in [5, 5.41) is 9.54. The van der Waals surface area contributed by atoms with Gasteiger partial charge in [0.1, 0.15) is 0 Å². The number of halogens is 3. The normalized spacial score (nSPS) is 20.6. The van der Waals surface area contributed by atoms with Crippen molar-refractivity contribution in [2.75, 3.05) is 11.9 Å². The average Bonchev–Trinajstić information content (AvgIpc) is 3.12. The summed E-state index contributed by atoms with van der Waals surface area (Å²) >= 11 is 0. The van der Waals surface area contributed by atoms with E-state index < -0.39 is 11.7 Å². The Hall–Kier alpha value is -2.35. The zero-order valence-electron chi connectivity index (χ0n) is 16.7. The molecule has 1 aliphatic heterocycles. The van der Waals surface area contributed by atoms with E-state index in [4.69, 9.17) is 0 Å². The van der Waals surface area contributed by atoms with Gasteiger partial charge in [-0.15, -0.1) is 0 Å². The Bertz CT molecular complexity index is 806. The fourth-order valence-electron chi connectivity index (χ4n) is 3.92. The van der Waals surface area contributed by atoms with Crippen LogP contribution < -0.4 is 5.32 Å². The molecule has 1 aromatic heterocycles. The molecule has 29 heavy (non-hydrogen) atoms. The molecule has 1 fully saturated rings. The lowest BCUT2D eigenvalue weighted by Crippen LogP contribution is -2.44. The maximum Gasteiger partial charge on any atom is 0.416 e. The second kappa shape index (κ2) is 8.98. The number of nitrogens with one attached hydrogen (secondary N) is 2. The predicted molar refractivity (Wildman–Crippen MR) is 106 cm³/mol. The molecule has 2 N–H and O–H groups in total. The van der Waals surface area contributed by atoms with Crippen LogP contribution in [0.5, 0.6) is 0 Å². The topological polar surface area (TPSA) is 61.0 Å². The van der Waals surface area contributed by atoms with E-state index >= 15 is 0 Å². The molecule has 1 aromatic carbocycles. The van der Waals surface area contributed by atoms with Crippen molar-refractivity contribution in [2.45, 2.75) is 64.2 Å². The summed E-state index contributed by atoms with van der Waals surface area (Å²) in [6.07, 6.45) is 0.483. The minimum Gasteiger partial charge on any atom is -0.309 e. The highest BCUT2D eigenvalue weighted by Gasteiger charge is 2.30. The van der Waals surface area contributed by atoms with E-state index in [1.165, 1.54) is 31.4 Å². The third kappa shape index (κ3) is 5.59. The van der Waals surface area contributed by atoms with Crippen LogP contribution in [0.15, 0.2) is 30.3 Å². The number of aromatic amines is 1. The van der Waals surface area contributed by atoms with Gasteiger partial charge < -0.3 is 5.32 Å². The lowest BCUT2D eigenvalue weighted by atomic mass is 9.97. The number of piperidine rings is 1. The Kier molecular flexibility index (Phi) is 6.62. The molecule has 2 atom stereocenters. The van der Waals surface area contributed by atoms with Crippen molar-refractivity contribution < 1.29 is 18.0 Å². The lowest BCUT2D eigenvalue weighted by molar-refractivity contribution is -0.137. The summed E-state index contributed by atoms with van der Waals surface area (Å²) in [6.45, 7) is 5.37. The smallest absolute Gasteiger partial charge is 0.309 e. The number of nitrogens with zero attached hydrogens (tertiary/aromatic N) is 2. The van der Waals surface area contributed by atoms with Crippen LogP contribution in [0.1, 0.15) is 51.5 Å². The van der Waals surface area contributed by atoms with Crippen LogP contribution in [0.4, 0.5) is 19.0 Å². The molecule has 2 unspecified atom stereocenters. The van der Waals surface area contributed by atoms with E-state index in [1.807, 2.05) is 0 Å². The molecule has 2 heterocycles. The van der Waals surface area contributed by atoms with Gasteiger partial charge >= 0.3 is 6.18 Å². The summed E-state index contributed by atoms with van der Waals surface area (Å²) in [5.74, 6) is 0.248. The van der Waals surface area contributed by atoms with Crippen molar-refractivity contribution in [2.24, 2.45) is 0 Å². The maximum atomic E-state index is 12.7. The highest BCUT2D eigenvalue weighted by Crippen LogP contribution is 2.31. The number of benzene rings is 1. The summed E-state index contributed by atoms with van der Waals surface area (Å²) < 4.78 is 38.0. The Labute approximate surface area is 168 Å². The van der Waals surface area contributed by atoms with Crippen molar-refractivity contribution in [1.29, 1.82) is 0 Å². The standard InChI is InChI=1S/C21H27F3N4O/c1-14-5-3-6-15(2)28(14)12-4-7-20(29)25-19-13-18(26-27-19)16-8-10-17(11-9-16)21(22,23)24/h8-11,13-15H,3-7,12H2,1-2H3,(H2,25,26,27,29). The molecule has 0 aliphatic carbocycles. The van der Waals surface area contributed by atoms with Crippen LogP contribution in [0.3, 0.4) is 0 Å². The number of hydrogen-bond acceptors (Lipinski definition) is 3. The zero-order chi connectivity index (χ0) is 21.0. The number of aromatic nitrogens is 2. The van der Waals surface area contributed by atoms with E-state index in [0.717, 1.165) is 25.1 Å². The molecular formula is C21H27F3N4O. The largest absolute Gasteiger partial charge is 0.416 e. The van der Waals surface area contributed by atoms with Crippen LogP contribution in [0.2, 0.25) is 0 Å². The summed E-state index contributed by atoms with van der Waals surface area (Å²) in [5.41, 5.74) is 0.413. The Morgan fingerprint density at radius 2 is 1.86 bits per heavy atom. The monoisotopic (exact) mass is 408 g/mol. The molecule has 0 radical (unpaired) electrons. The van der Waals surface area contributed by atoms with E-state index in [0.29, 0.717) is 35.6 Å². The van der Waals surface area contributed by atoms with Gasteiger partial charge in [-0.1, -0.05) is 18.6 Å². The predicted octanol–water partition coefficient (Wildman–Crippen LogP) is 5.08. The molecule has 8 heteroatoms. The molecule has 1 amide bonds. The van der Waals surface area contributed by atoms with E-state index in [2.05, 4.69) is 34.3 Å². The second-order valence-corrected chi connectivity index (χ2v) is 7.76. The van der Waals surface area contributed by atoms with Gasteiger partial charge in [0.05, 0.1) is 11.3 Å². The van der Waals surface area contributed by atoms with Crippen molar-refractivity contribution in [1.82, 2.24) is 15.1 Å². The Morgan fingerprint density at radius 1 is 1.21 bits per heavy atom. The molecular weight excluding hydrogens is 381 g/mol. The van der Waals surface area contributed by atoms with Crippen LogP contribution in [0.25, 0.3) is 11.3 Å². The molecule has 0 spiro atoms. The van der Waals surface area contributed by atoms with E-state index in [1.54, 1.807) is 6.07 Å². The number of likely N-dealkylation sites (tertiary alicyclic amines) is 1. The summed E-state index contributed by atoms with van der Waals surface area (Å²) in [7, 11) is 0. The molecule has 158 valence electrons. The molecule has 5 nitrogen and oxygen atoms in total. The Morgan fingerprint density at radius 3 is 2.48 bits per heavy atom. The van der Waals surface area contributed by atoms with Crippen molar-refractivity contribution in [3.8, 4) is 11.3 Å². The summed E-state index contributed by atoms with van der Waals surface area (Å²) in [6, 6.07) is 7.54. The number of H-pyrrole nitrogens is 1. The van der Waals surface area contributed by atoms with Gasteiger partial charge in [0.25, 0.3) is 0 Å². The number of carbonyl (C=O) groups is 1. The van der Waals surface area contributed by atoms with Crippen LogP contribution >= 0.6 is 0 Å². The molecule has 1 aliphatic rings. The molecule has 3 rings (SSSR count). The van der Waals surface area contributed by atoms with Gasteiger partial charge in [-0.2, -0.15) is 18.3 Å². The summed E-state index contributed by atoms with van der Waals surface area (Å²) in [4.78, 5) is 14.7. The quantitative estimate of drug-likeness (QED) is 0.701. The van der Waals surface area contributed by atoms with Crippen LogP contribution in [0, 0.1) is 0 Å². The minimum atomic E-state index is -4.37. The lowest BCUT2D eigenvalue weighted by Gasteiger charge is -2.39. The number of anilines is 1. The first-order chi connectivity index (χ1) is 13.7. The molecule has 1 saturated heterocycles. The van der Waals surface area contributed by atoms with Crippen LogP contribution in [-0.4, -0.2) is 39.6 Å². The second-order valence-electron chi connectivity index (χ2n) is 7.76. The Balaban J connectivity index is 1.50. The van der Waals surface area contributed by atoms with E-state index in [9.17, 15) is 18.0 Å².